The van der Waals surface area contributed by atoms with Crippen molar-refractivity contribution < 1.29 is 0 Å². The number of hydrogen-bond donors (Lipinski definition) is 1. The Hall–Kier alpha value is -2.02. The first-order chi connectivity index (χ1) is 9.67. The summed E-state index contributed by atoms with van der Waals surface area (Å²) in [5.74, 6) is 1.57. The molecule has 1 atom stereocenters. The van der Waals surface area contributed by atoms with Crippen molar-refractivity contribution in [2.45, 2.75) is 33.2 Å². The van der Waals surface area contributed by atoms with Gasteiger partial charge in [0.1, 0.15) is 10.8 Å². The fourth-order valence-electron chi connectivity index (χ4n) is 1.94. The van der Waals surface area contributed by atoms with Crippen LogP contribution in [0.2, 0.25) is 0 Å². The highest BCUT2D eigenvalue weighted by molar-refractivity contribution is 7.11. The fraction of sp³-hybridized carbons (Fsp3) is 0.385. The Labute approximate surface area is 120 Å². The van der Waals surface area contributed by atoms with Gasteiger partial charge in [-0.1, -0.05) is 6.92 Å². The molecule has 0 unspecified atom stereocenters. The van der Waals surface area contributed by atoms with Gasteiger partial charge in [0.15, 0.2) is 11.5 Å². The van der Waals surface area contributed by atoms with Gasteiger partial charge in [-0.25, -0.2) is 4.98 Å². The van der Waals surface area contributed by atoms with E-state index >= 15 is 0 Å². The largest absolute Gasteiger partial charge is 0.360 e. The summed E-state index contributed by atoms with van der Waals surface area (Å²) in [6.45, 7) is 6.11. The molecule has 0 aliphatic carbocycles. The number of rotatable bonds is 4. The van der Waals surface area contributed by atoms with Crippen molar-refractivity contribution in [3.63, 3.8) is 0 Å². The second-order valence-electron chi connectivity index (χ2n) is 4.62. The number of aryl methyl sites for hydroxylation is 2. The Balaban J connectivity index is 1.82. The smallest absolute Gasteiger partial charge is 0.178 e. The quantitative estimate of drug-likeness (QED) is 0.799. The van der Waals surface area contributed by atoms with Gasteiger partial charge in [-0.15, -0.1) is 26.6 Å². The minimum absolute atomic E-state index is 0.127. The lowest BCUT2D eigenvalue weighted by Gasteiger charge is -2.11. The van der Waals surface area contributed by atoms with E-state index in [0.717, 1.165) is 28.7 Å². The molecule has 3 aromatic rings. The molecule has 3 heterocycles. The molecular formula is C13H16N6S. The van der Waals surface area contributed by atoms with E-state index in [-0.39, 0.29) is 6.04 Å². The van der Waals surface area contributed by atoms with Crippen molar-refractivity contribution >= 4 is 22.8 Å². The lowest BCUT2D eigenvalue weighted by atomic mass is 10.3. The van der Waals surface area contributed by atoms with Crippen LogP contribution in [0.5, 0.6) is 0 Å². The number of hydrogen-bond acceptors (Lipinski definition) is 6. The maximum absolute atomic E-state index is 4.48. The summed E-state index contributed by atoms with van der Waals surface area (Å²) in [6.07, 6.45) is 2.97. The van der Waals surface area contributed by atoms with Crippen LogP contribution in [-0.2, 0) is 6.42 Å². The highest BCUT2D eigenvalue weighted by Crippen LogP contribution is 2.23. The number of anilines is 1. The van der Waals surface area contributed by atoms with Crippen LogP contribution < -0.4 is 5.32 Å². The molecule has 3 rings (SSSR count). The SMILES string of the molecule is CCc1cnc([C@@H](C)Nc2ccc3nnc(C)n3n2)s1. The Morgan fingerprint density at radius 1 is 1.35 bits per heavy atom. The molecule has 0 radical (unpaired) electrons. The van der Waals surface area contributed by atoms with Gasteiger partial charge < -0.3 is 5.32 Å². The van der Waals surface area contributed by atoms with Gasteiger partial charge >= 0.3 is 0 Å². The monoisotopic (exact) mass is 288 g/mol. The van der Waals surface area contributed by atoms with Crippen LogP contribution in [0.4, 0.5) is 5.82 Å². The average molecular weight is 288 g/mol. The highest BCUT2D eigenvalue weighted by Gasteiger charge is 2.11. The first-order valence-electron chi connectivity index (χ1n) is 6.57. The molecule has 0 aliphatic rings. The van der Waals surface area contributed by atoms with E-state index in [1.807, 2.05) is 25.3 Å². The molecule has 3 aromatic heterocycles. The van der Waals surface area contributed by atoms with Crippen molar-refractivity contribution in [2.75, 3.05) is 5.32 Å². The van der Waals surface area contributed by atoms with Crippen LogP contribution >= 0.6 is 11.3 Å². The van der Waals surface area contributed by atoms with E-state index in [1.165, 1.54) is 4.88 Å². The predicted molar refractivity (Wildman–Crippen MR) is 79.0 cm³/mol. The first kappa shape index (κ1) is 13.0. The van der Waals surface area contributed by atoms with E-state index in [2.05, 4.69) is 39.4 Å². The number of nitrogens with zero attached hydrogens (tertiary/aromatic N) is 5. The maximum Gasteiger partial charge on any atom is 0.178 e. The zero-order chi connectivity index (χ0) is 14.1. The first-order valence-corrected chi connectivity index (χ1v) is 7.39. The van der Waals surface area contributed by atoms with Crippen LogP contribution in [0.3, 0.4) is 0 Å². The second kappa shape index (κ2) is 5.16. The lowest BCUT2D eigenvalue weighted by Crippen LogP contribution is -2.09. The van der Waals surface area contributed by atoms with Crippen molar-refractivity contribution in [2.24, 2.45) is 0 Å². The third-order valence-electron chi connectivity index (χ3n) is 3.07. The van der Waals surface area contributed by atoms with Crippen molar-refractivity contribution in [3.8, 4) is 0 Å². The van der Waals surface area contributed by atoms with Gasteiger partial charge in [-0.05, 0) is 32.4 Å². The van der Waals surface area contributed by atoms with Crippen molar-refractivity contribution in [3.05, 3.63) is 34.0 Å². The normalized spacial score (nSPS) is 12.8. The van der Waals surface area contributed by atoms with Crippen LogP contribution in [0.1, 0.15) is 35.6 Å². The molecule has 20 heavy (non-hydrogen) atoms. The van der Waals surface area contributed by atoms with Gasteiger partial charge in [0, 0.05) is 11.1 Å². The Kier molecular flexibility index (Phi) is 3.35. The van der Waals surface area contributed by atoms with Crippen LogP contribution in [0, 0.1) is 6.92 Å². The Bertz CT molecular complexity index is 731. The van der Waals surface area contributed by atoms with E-state index in [9.17, 15) is 0 Å². The molecule has 104 valence electrons. The Morgan fingerprint density at radius 2 is 2.20 bits per heavy atom. The van der Waals surface area contributed by atoms with Gasteiger partial charge in [0.25, 0.3) is 0 Å². The molecule has 0 spiro atoms. The molecule has 0 fully saturated rings. The topological polar surface area (TPSA) is 68.0 Å². The molecular weight excluding hydrogens is 272 g/mol. The summed E-state index contributed by atoms with van der Waals surface area (Å²) >= 11 is 1.74. The molecule has 0 aliphatic heterocycles. The summed E-state index contributed by atoms with van der Waals surface area (Å²) in [5.41, 5.74) is 0.753. The summed E-state index contributed by atoms with van der Waals surface area (Å²) < 4.78 is 1.73. The van der Waals surface area contributed by atoms with Gasteiger partial charge in [0.05, 0.1) is 6.04 Å². The molecule has 0 bridgehead atoms. The van der Waals surface area contributed by atoms with E-state index < -0.39 is 0 Å². The van der Waals surface area contributed by atoms with Gasteiger partial charge in [0.2, 0.25) is 0 Å². The Morgan fingerprint density at radius 3 is 2.95 bits per heavy atom. The summed E-state index contributed by atoms with van der Waals surface area (Å²) in [5, 5.41) is 16.9. The van der Waals surface area contributed by atoms with Crippen LogP contribution in [0.25, 0.3) is 5.65 Å². The van der Waals surface area contributed by atoms with E-state index in [1.54, 1.807) is 15.9 Å². The summed E-state index contributed by atoms with van der Waals surface area (Å²) in [7, 11) is 0. The predicted octanol–water partition coefficient (Wildman–Crippen LogP) is 2.62. The highest BCUT2D eigenvalue weighted by atomic mass is 32.1. The third kappa shape index (κ3) is 2.36. The standard InChI is InChI=1S/C13H16N6S/c1-4-10-7-14-13(20-10)8(2)15-11-5-6-12-17-16-9(3)19(12)18-11/h5-8H,4H2,1-3H3,(H,15,18)/t8-/m1/s1. The molecule has 0 saturated carbocycles. The lowest BCUT2D eigenvalue weighted by molar-refractivity contribution is 0.823. The molecule has 1 N–H and O–H groups in total. The molecule has 6 nitrogen and oxygen atoms in total. The second-order valence-corrected chi connectivity index (χ2v) is 5.77. The van der Waals surface area contributed by atoms with Crippen LogP contribution in [0.15, 0.2) is 18.3 Å². The molecule has 0 saturated heterocycles. The number of nitrogens with one attached hydrogen (secondary N) is 1. The number of thiazole rings is 1. The van der Waals surface area contributed by atoms with Gasteiger partial charge in [-0.3, -0.25) is 0 Å². The van der Waals surface area contributed by atoms with E-state index in [4.69, 9.17) is 0 Å². The third-order valence-corrected chi connectivity index (χ3v) is 4.40. The fourth-order valence-corrected chi connectivity index (χ4v) is 2.80. The van der Waals surface area contributed by atoms with Crippen molar-refractivity contribution in [1.82, 2.24) is 24.8 Å². The minimum Gasteiger partial charge on any atom is -0.360 e. The summed E-state index contributed by atoms with van der Waals surface area (Å²) in [6, 6.07) is 3.94. The maximum atomic E-state index is 4.48. The number of aromatic nitrogens is 5. The zero-order valence-corrected chi connectivity index (χ0v) is 12.5. The average Bonchev–Trinajstić information content (AvgIpc) is 3.06. The van der Waals surface area contributed by atoms with Crippen molar-refractivity contribution in [1.29, 1.82) is 0 Å². The molecule has 0 aromatic carbocycles. The van der Waals surface area contributed by atoms with E-state index in [0.29, 0.717) is 0 Å². The van der Waals surface area contributed by atoms with Gasteiger partial charge in [-0.2, -0.15) is 4.52 Å². The molecule has 7 heteroatoms. The minimum atomic E-state index is 0.127. The summed E-state index contributed by atoms with van der Waals surface area (Å²) in [4.78, 5) is 5.75. The zero-order valence-electron chi connectivity index (χ0n) is 11.7. The van der Waals surface area contributed by atoms with Crippen LogP contribution in [-0.4, -0.2) is 24.8 Å². The molecule has 0 amide bonds. The number of fused-ring (bicyclic) bond motifs is 1.